The van der Waals surface area contributed by atoms with E-state index in [1.54, 1.807) is 0 Å². The number of fused-ring (bicyclic) bond motifs is 1. The number of rotatable bonds is 1. The lowest BCUT2D eigenvalue weighted by molar-refractivity contribution is 0.645. The molecule has 2 aromatic rings. The molecular weight excluding hydrogens is 232 g/mol. The highest BCUT2D eigenvalue weighted by Gasteiger charge is 2.16. The van der Waals surface area contributed by atoms with Gasteiger partial charge < -0.3 is 5.32 Å². The van der Waals surface area contributed by atoms with E-state index in [-0.39, 0.29) is 0 Å². The molecule has 1 aliphatic heterocycles. The van der Waals surface area contributed by atoms with Crippen molar-refractivity contribution in [1.29, 1.82) is 0 Å². The molecule has 1 aliphatic rings. The molecule has 3 rings (SSSR count). The second-order valence-corrected chi connectivity index (χ2v) is 4.60. The van der Waals surface area contributed by atoms with Crippen LogP contribution in [-0.4, -0.2) is 11.5 Å². The number of benzene rings is 1. The normalized spacial score (nSPS) is 14.4. The van der Waals surface area contributed by atoms with E-state index in [1.807, 2.05) is 30.5 Å². The van der Waals surface area contributed by atoms with E-state index >= 15 is 0 Å². The maximum Gasteiger partial charge on any atom is 0.0704 e. The van der Waals surface area contributed by atoms with E-state index < -0.39 is 0 Å². The average molecular weight is 245 g/mol. The number of aromatic nitrogens is 1. The summed E-state index contributed by atoms with van der Waals surface area (Å²) in [5, 5.41) is 4.21. The van der Waals surface area contributed by atoms with Crippen molar-refractivity contribution >= 4 is 11.6 Å². The van der Waals surface area contributed by atoms with E-state index in [1.165, 1.54) is 16.7 Å². The summed E-state index contributed by atoms with van der Waals surface area (Å²) in [6.45, 7) is 1.86. The minimum atomic E-state index is 0.854. The van der Waals surface area contributed by atoms with E-state index in [0.29, 0.717) is 0 Å². The summed E-state index contributed by atoms with van der Waals surface area (Å²) >= 11 is 6.24. The second-order valence-electron chi connectivity index (χ2n) is 4.19. The lowest BCUT2D eigenvalue weighted by Crippen LogP contribution is -2.24. The molecule has 1 aromatic heterocycles. The SMILES string of the molecule is Clc1ccc(-c2ccccn2)c2c1CNCC2. The first-order valence-corrected chi connectivity index (χ1v) is 6.16. The van der Waals surface area contributed by atoms with E-state index in [0.717, 1.165) is 30.2 Å². The van der Waals surface area contributed by atoms with Gasteiger partial charge in [-0.3, -0.25) is 4.98 Å². The Morgan fingerprint density at radius 1 is 1.12 bits per heavy atom. The van der Waals surface area contributed by atoms with Crippen molar-refractivity contribution in [2.45, 2.75) is 13.0 Å². The van der Waals surface area contributed by atoms with Crippen molar-refractivity contribution < 1.29 is 0 Å². The number of nitrogens with zero attached hydrogens (tertiary/aromatic N) is 1. The van der Waals surface area contributed by atoms with Gasteiger partial charge in [-0.25, -0.2) is 0 Å². The van der Waals surface area contributed by atoms with Crippen LogP contribution in [0.25, 0.3) is 11.3 Å². The van der Waals surface area contributed by atoms with Crippen molar-refractivity contribution in [3.63, 3.8) is 0 Å². The Labute approximate surface area is 106 Å². The highest BCUT2D eigenvalue weighted by atomic mass is 35.5. The van der Waals surface area contributed by atoms with Crippen LogP contribution in [0.5, 0.6) is 0 Å². The number of halogens is 1. The number of nitrogens with one attached hydrogen (secondary N) is 1. The van der Waals surface area contributed by atoms with Crippen molar-refractivity contribution in [1.82, 2.24) is 10.3 Å². The Bertz CT molecular complexity index is 537. The fourth-order valence-electron chi connectivity index (χ4n) is 2.33. The Hall–Kier alpha value is -1.38. The number of pyridine rings is 1. The minimum absolute atomic E-state index is 0.854. The van der Waals surface area contributed by atoms with Crippen molar-refractivity contribution in [2.75, 3.05) is 6.54 Å². The second kappa shape index (κ2) is 4.47. The van der Waals surface area contributed by atoms with E-state index in [4.69, 9.17) is 11.6 Å². The zero-order chi connectivity index (χ0) is 11.7. The monoisotopic (exact) mass is 244 g/mol. The molecule has 0 radical (unpaired) electrons. The zero-order valence-electron chi connectivity index (χ0n) is 9.41. The van der Waals surface area contributed by atoms with Crippen LogP contribution in [0.3, 0.4) is 0 Å². The molecule has 0 saturated carbocycles. The molecule has 0 unspecified atom stereocenters. The molecule has 0 amide bonds. The molecule has 1 aromatic carbocycles. The lowest BCUT2D eigenvalue weighted by Gasteiger charge is -2.21. The summed E-state index contributed by atoms with van der Waals surface area (Å²) in [6.07, 6.45) is 2.85. The van der Waals surface area contributed by atoms with Gasteiger partial charge in [0.15, 0.2) is 0 Å². The van der Waals surface area contributed by atoms with Crippen LogP contribution >= 0.6 is 11.6 Å². The summed E-state index contributed by atoms with van der Waals surface area (Å²) in [4.78, 5) is 4.42. The maximum atomic E-state index is 6.24. The third kappa shape index (κ3) is 1.94. The molecule has 86 valence electrons. The van der Waals surface area contributed by atoms with Gasteiger partial charge in [-0.05, 0) is 42.3 Å². The van der Waals surface area contributed by atoms with Crippen molar-refractivity contribution in [2.24, 2.45) is 0 Å². The zero-order valence-corrected chi connectivity index (χ0v) is 10.2. The summed E-state index contributed by atoms with van der Waals surface area (Å²) in [5.74, 6) is 0. The summed E-state index contributed by atoms with van der Waals surface area (Å²) in [5.41, 5.74) is 4.81. The van der Waals surface area contributed by atoms with Gasteiger partial charge in [0, 0.05) is 23.3 Å². The van der Waals surface area contributed by atoms with E-state index in [9.17, 15) is 0 Å². The third-order valence-corrected chi connectivity index (χ3v) is 3.52. The maximum absolute atomic E-state index is 6.24. The molecule has 0 fully saturated rings. The molecule has 17 heavy (non-hydrogen) atoms. The Kier molecular flexibility index (Phi) is 2.83. The Morgan fingerprint density at radius 3 is 2.88 bits per heavy atom. The van der Waals surface area contributed by atoms with Crippen LogP contribution in [0.15, 0.2) is 36.5 Å². The van der Waals surface area contributed by atoms with Crippen LogP contribution in [0, 0.1) is 0 Å². The number of hydrogen-bond acceptors (Lipinski definition) is 2. The summed E-state index contributed by atoms with van der Waals surface area (Å²) in [7, 11) is 0. The molecule has 3 heteroatoms. The third-order valence-electron chi connectivity index (χ3n) is 3.17. The molecule has 0 atom stereocenters. The quantitative estimate of drug-likeness (QED) is 0.834. The van der Waals surface area contributed by atoms with Gasteiger partial charge in [-0.2, -0.15) is 0 Å². The predicted octanol–water partition coefficient (Wildman–Crippen LogP) is 3.05. The predicted molar refractivity (Wildman–Crippen MR) is 70.1 cm³/mol. The van der Waals surface area contributed by atoms with Crippen LogP contribution < -0.4 is 5.32 Å². The molecule has 2 nitrogen and oxygen atoms in total. The van der Waals surface area contributed by atoms with Crippen molar-refractivity contribution in [3.05, 3.63) is 52.7 Å². The van der Waals surface area contributed by atoms with Crippen LogP contribution in [0.4, 0.5) is 0 Å². The number of hydrogen-bond donors (Lipinski definition) is 1. The Balaban J connectivity index is 2.18. The highest BCUT2D eigenvalue weighted by Crippen LogP contribution is 2.31. The highest BCUT2D eigenvalue weighted by molar-refractivity contribution is 6.31. The van der Waals surface area contributed by atoms with Crippen LogP contribution in [0.1, 0.15) is 11.1 Å². The Morgan fingerprint density at radius 2 is 2.06 bits per heavy atom. The first-order valence-electron chi connectivity index (χ1n) is 5.78. The largest absolute Gasteiger partial charge is 0.312 e. The first kappa shape index (κ1) is 10.8. The van der Waals surface area contributed by atoms with Crippen LogP contribution in [0.2, 0.25) is 5.02 Å². The van der Waals surface area contributed by atoms with Gasteiger partial charge >= 0.3 is 0 Å². The smallest absolute Gasteiger partial charge is 0.0704 e. The molecule has 0 aliphatic carbocycles. The molecule has 1 N–H and O–H groups in total. The van der Waals surface area contributed by atoms with Gasteiger partial charge in [0.05, 0.1) is 5.69 Å². The van der Waals surface area contributed by atoms with Gasteiger partial charge in [0.2, 0.25) is 0 Å². The molecule has 0 saturated heterocycles. The topological polar surface area (TPSA) is 24.9 Å². The van der Waals surface area contributed by atoms with Gasteiger partial charge in [-0.15, -0.1) is 0 Å². The van der Waals surface area contributed by atoms with E-state index in [2.05, 4.69) is 16.4 Å². The van der Waals surface area contributed by atoms with Gasteiger partial charge in [-0.1, -0.05) is 23.7 Å². The first-order chi connectivity index (χ1) is 8.36. The van der Waals surface area contributed by atoms with Crippen LogP contribution in [-0.2, 0) is 13.0 Å². The molecule has 0 bridgehead atoms. The molecule has 2 heterocycles. The van der Waals surface area contributed by atoms with Gasteiger partial charge in [0.25, 0.3) is 0 Å². The minimum Gasteiger partial charge on any atom is -0.312 e. The summed E-state index contributed by atoms with van der Waals surface area (Å²) < 4.78 is 0. The van der Waals surface area contributed by atoms with Gasteiger partial charge in [0.1, 0.15) is 0 Å². The molecule has 0 spiro atoms. The summed E-state index contributed by atoms with van der Waals surface area (Å²) in [6, 6.07) is 10.1. The molecular formula is C14H13ClN2. The fraction of sp³-hybridized carbons (Fsp3) is 0.214. The average Bonchev–Trinajstić information content (AvgIpc) is 2.41. The standard InChI is InChI=1S/C14H13ClN2/c15-13-5-4-11(14-3-1-2-7-17-14)10-6-8-16-9-12(10)13/h1-5,7,16H,6,8-9H2. The fourth-order valence-corrected chi connectivity index (χ4v) is 2.57. The lowest BCUT2D eigenvalue weighted by atomic mass is 9.93. The van der Waals surface area contributed by atoms with Crippen molar-refractivity contribution in [3.8, 4) is 11.3 Å².